The first-order chi connectivity index (χ1) is 9.78. The fourth-order valence-corrected chi connectivity index (χ4v) is 3.24. The maximum absolute atomic E-state index is 12.9. The zero-order valence-corrected chi connectivity index (χ0v) is 12.7. The Kier molecular flexibility index (Phi) is 4.97. The highest BCUT2D eigenvalue weighted by Gasteiger charge is 2.37. The average molecular weight is 299 g/mol. The lowest BCUT2D eigenvalue weighted by atomic mass is 9.73. The van der Waals surface area contributed by atoms with E-state index >= 15 is 0 Å². The van der Waals surface area contributed by atoms with Gasteiger partial charge in [0.05, 0.1) is 6.42 Å². The van der Waals surface area contributed by atoms with Crippen LogP contribution in [0, 0.1) is 5.41 Å². The van der Waals surface area contributed by atoms with Gasteiger partial charge in [0.2, 0.25) is 0 Å². The van der Waals surface area contributed by atoms with Crippen LogP contribution in [0.25, 0.3) is 0 Å². The Bertz CT molecular complexity index is 439. The van der Waals surface area contributed by atoms with Gasteiger partial charge < -0.3 is 5.32 Å². The fourth-order valence-electron chi connectivity index (χ4n) is 3.24. The van der Waals surface area contributed by atoms with E-state index in [1.807, 2.05) is 6.07 Å². The lowest BCUT2D eigenvalue weighted by Gasteiger charge is -2.41. The summed E-state index contributed by atoms with van der Waals surface area (Å²) in [6.07, 6.45) is -0.697. The van der Waals surface area contributed by atoms with Gasteiger partial charge in [-0.2, -0.15) is 13.2 Å². The van der Waals surface area contributed by atoms with Crippen LogP contribution in [0.3, 0.4) is 0 Å². The second kappa shape index (κ2) is 6.39. The minimum absolute atomic E-state index is 0.0525. The molecule has 1 aliphatic rings. The third kappa shape index (κ3) is 4.73. The predicted octanol–water partition coefficient (Wildman–Crippen LogP) is 5.24. The van der Waals surface area contributed by atoms with Crippen LogP contribution < -0.4 is 5.32 Å². The molecule has 1 N–H and O–H groups in total. The Balaban J connectivity index is 2.16. The van der Waals surface area contributed by atoms with Crippen LogP contribution in [-0.4, -0.2) is 12.2 Å². The summed E-state index contributed by atoms with van der Waals surface area (Å²) in [6, 6.07) is 8.46. The van der Waals surface area contributed by atoms with E-state index < -0.39 is 18.6 Å². The van der Waals surface area contributed by atoms with E-state index in [2.05, 4.69) is 19.2 Å². The largest absolute Gasteiger partial charge is 0.390 e. The Labute approximate surface area is 124 Å². The number of nitrogens with one attached hydrogen (secondary N) is 1. The maximum Gasteiger partial charge on any atom is 0.390 e. The SMILES string of the molecule is CC1(C)CCCCC1NC(CC(F)(F)F)c1ccccc1. The zero-order chi connectivity index (χ0) is 15.5. The number of halogens is 3. The van der Waals surface area contributed by atoms with Gasteiger partial charge in [0, 0.05) is 12.1 Å². The molecule has 1 aromatic rings. The van der Waals surface area contributed by atoms with Crippen molar-refractivity contribution in [3.05, 3.63) is 35.9 Å². The molecule has 1 aromatic carbocycles. The molecule has 0 radical (unpaired) electrons. The summed E-state index contributed by atoms with van der Waals surface area (Å²) in [6.45, 7) is 4.30. The highest BCUT2D eigenvalue weighted by atomic mass is 19.4. The van der Waals surface area contributed by atoms with Crippen molar-refractivity contribution in [1.29, 1.82) is 0 Å². The fraction of sp³-hybridized carbons (Fsp3) is 0.647. The number of alkyl halides is 3. The van der Waals surface area contributed by atoms with Gasteiger partial charge in [-0.3, -0.25) is 0 Å². The van der Waals surface area contributed by atoms with Crippen LogP contribution in [0.5, 0.6) is 0 Å². The summed E-state index contributed by atoms with van der Waals surface area (Å²) in [7, 11) is 0. The Morgan fingerprint density at radius 3 is 2.43 bits per heavy atom. The molecule has 2 atom stereocenters. The maximum atomic E-state index is 12.9. The molecule has 1 aliphatic carbocycles. The third-order valence-electron chi connectivity index (χ3n) is 4.55. The van der Waals surface area contributed by atoms with Crippen LogP contribution in [0.1, 0.15) is 57.6 Å². The molecule has 1 fully saturated rings. The molecule has 4 heteroatoms. The molecule has 0 aromatic heterocycles. The van der Waals surface area contributed by atoms with Crippen molar-refractivity contribution in [3.63, 3.8) is 0 Å². The van der Waals surface area contributed by atoms with Crippen molar-refractivity contribution in [2.24, 2.45) is 5.41 Å². The monoisotopic (exact) mass is 299 g/mol. The van der Waals surface area contributed by atoms with Gasteiger partial charge >= 0.3 is 6.18 Å². The molecule has 0 heterocycles. The van der Waals surface area contributed by atoms with E-state index in [0.29, 0.717) is 0 Å². The summed E-state index contributed by atoms with van der Waals surface area (Å²) in [5.74, 6) is 0. The summed E-state index contributed by atoms with van der Waals surface area (Å²) in [4.78, 5) is 0. The molecule has 2 unspecified atom stereocenters. The third-order valence-corrected chi connectivity index (χ3v) is 4.55. The van der Waals surface area contributed by atoms with Crippen molar-refractivity contribution in [2.45, 2.75) is 64.2 Å². The normalized spacial score (nSPS) is 23.8. The molecule has 0 saturated heterocycles. The van der Waals surface area contributed by atoms with Crippen molar-refractivity contribution in [2.75, 3.05) is 0 Å². The first-order valence-electron chi connectivity index (χ1n) is 7.66. The van der Waals surface area contributed by atoms with E-state index in [-0.39, 0.29) is 11.5 Å². The molecular weight excluding hydrogens is 275 g/mol. The minimum Gasteiger partial charge on any atom is -0.306 e. The Morgan fingerprint density at radius 1 is 1.19 bits per heavy atom. The van der Waals surface area contributed by atoms with Crippen molar-refractivity contribution in [3.8, 4) is 0 Å². The smallest absolute Gasteiger partial charge is 0.306 e. The van der Waals surface area contributed by atoms with E-state index in [1.54, 1.807) is 24.3 Å². The van der Waals surface area contributed by atoms with E-state index in [9.17, 15) is 13.2 Å². The summed E-state index contributed by atoms with van der Waals surface area (Å²) >= 11 is 0. The van der Waals surface area contributed by atoms with Gasteiger partial charge in [-0.05, 0) is 23.8 Å². The van der Waals surface area contributed by atoms with E-state index in [4.69, 9.17) is 0 Å². The van der Waals surface area contributed by atoms with Gasteiger partial charge in [-0.25, -0.2) is 0 Å². The number of rotatable bonds is 4. The van der Waals surface area contributed by atoms with E-state index in [1.165, 1.54) is 6.42 Å². The highest BCUT2D eigenvalue weighted by molar-refractivity contribution is 5.19. The van der Waals surface area contributed by atoms with Crippen LogP contribution in [0.4, 0.5) is 13.2 Å². The molecule has 1 nitrogen and oxygen atoms in total. The van der Waals surface area contributed by atoms with Crippen LogP contribution in [-0.2, 0) is 0 Å². The topological polar surface area (TPSA) is 12.0 Å². The number of hydrogen-bond acceptors (Lipinski definition) is 1. The molecule has 21 heavy (non-hydrogen) atoms. The Morgan fingerprint density at radius 2 is 1.86 bits per heavy atom. The van der Waals surface area contributed by atoms with Crippen LogP contribution >= 0.6 is 0 Å². The second-order valence-electron chi connectivity index (χ2n) is 6.74. The molecule has 0 spiro atoms. The van der Waals surface area contributed by atoms with Crippen LogP contribution in [0.2, 0.25) is 0 Å². The molecule has 1 saturated carbocycles. The quantitative estimate of drug-likeness (QED) is 0.802. The van der Waals surface area contributed by atoms with Gasteiger partial charge in [0.25, 0.3) is 0 Å². The average Bonchev–Trinajstić information content (AvgIpc) is 2.39. The molecule has 2 rings (SSSR count). The molecule has 0 aliphatic heterocycles. The minimum atomic E-state index is -4.16. The van der Waals surface area contributed by atoms with Crippen molar-refractivity contribution < 1.29 is 13.2 Å². The lowest BCUT2D eigenvalue weighted by molar-refractivity contribution is -0.141. The first kappa shape index (κ1) is 16.3. The lowest BCUT2D eigenvalue weighted by Crippen LogP contribution is -2.46. The molecular formula is C17H24F3N. The molecule has 0 bridgehead atoms. The molecule has 118 valence electrons. The van der Waals surface area contributed by atoms with Crippen LogP contribution in [0.15, 0.2) is 30.3 Å². The highest BCUT2D eigenvalue weighted by Crippen LogP contribution is 2.38. The van der Waals surface area contributed by atoms with Crippen molar-refractivity contribution in [1.82, 2.24) is 5.32 Å². The second-order valence-corrected chi connectivity index (χ2v) is 6.74. The first-order valence-corrected chi connectivity index (χ1v) is 7.66. The summed E-state index contributed by atoms with van der Waals surface area (Å²) in [5, 5.41) is 3.30. The van der Waals surface area contributed by atoms with Gasteiger partial charge in [-0.1, -0.05) is 57.0 Å². The van der Waals surface area contributed by atoms with E-state index in [0.717, 1.165) is 24.8 Å². The number of benzene rings is 1. The Hall–Kier alpha value is -1.03. The van der Waals surface area contributed by atoms with Crippen molar-refractivity contribution >= 4 is 0 Å². The van der Waals surface area contributed by atoms with Gasteiger partial charge in [0.15, 0.2) is 0 Å². The predicted molar refractivity (Wildman–Crippen MR) is 79.0 cm³/mol. The molecule has 0 amide bonds. The standard InChI is InChI=1S/C17H24F3N/c1-16(2)11-7-6-10-15(16)21-14(12-17(18,19)20)13-8-4-3-5-9-13/h3-5,8-9,14-15,21H,6-7,10-12H2,1-2H3. The van der Waals surface area contributed by atoms with Gasteiger partial charge in [-0.15, -0.1) is 0 Å². The van der Waals surface area contributed by atoms with Gasteiger partial charge in [0.1, 0.15) is 0 Å². The summed E-state index contributed by atoms with van der Waals surface area (Å²) in [5.41, 5.74) is 0.771. The zero-order valence-electron chi connectivity index (χ0n) is 12.7. The number of hydrogen-bond donors (Lipinski definition) is 1. The summed E-state index contributed by atoms with van der Waals surface area (Å²) < 4.78 is 38.7.